The van der Waals surface area contributed by atoms with E-state index < -0.39 is 54.0 Å². The van der Waals surface area contributed by atoms with Crippen LogP contribution in [0.2, 0.25) is 0 Å². The van der Waals surface area contributed by atoms with Crippen LogP contribution < -0.4 is 0 Å². The van der Waals surface area contributed by atoms with Gasteiger partial charge in [-0.1, -0.05) is 36.4 Å². The van der Waals surface area contributed by atoms with Crippen LogP contribution in [0.4, 0.5) is 0 Å². The summed E-state index contributed by atoms with van der Waals surface area (Å²) in [6.07, 6.45) is -1.29. The molecular weight excluding hydrogens is 436 g/mol. The molecule has 0 aromatic heterocycles. The van der Waals surface area contributed by atoms with Crippen LogP contribution in [0.25, 0.3) is 10.8 Å². The first-order valence-electron chi connectivity index (χ1n) is 10.0. The van der Waals surface area contributed by atoms with Crippen molar-refractivity contribution in [2.45, 2.75) is 23.6 Å². The fourth-order valence-corrected chi connectivity index (χ4v) is 4.18. The van der Waals surface area contributed by atoms with E-state index in [1.54, 1.807) is 24.3 Å². The van der Waals surface area contributed by atoms with Crippen LogP contribution in [-0.4, -0.2) is 66.9 Å². The minimum absolute atomic E-state index is 0.367. The molecule has 174 valence electrons. The number of hydrogen-bond acceptors (Lipinski definition) is 10. The number of fused-ring (bicyclic) bond motifs is 2. The van der Waals surface area contributed by atoms with Crippen LogP contribution in [0.1, 0.15) is 5.56 Å². The van der Waals surface area contributed by atoms with Crippen molar-refractivity contribution in [1.82, 2.24) is 0 Å². The van der Waals surface area contributed by atoms with E-state index >= 15 is 0 Å². The lowest BCUT2D eigenvalue weighted by molar-refractivity contribution is -0.395. The summed E-state index contributed by atoms with van der Waals surface area (Å²) in [7, 11) is 2.01. The summed E-state index contributed by atoms with van der Waals surface area (Å²) in [6, 6.07) is 12.6. The van der Waals surface area contributed by atoms with Crippen LogP contribution in [-0.2, 0) is 43.7 Å². The number of carbonyl (C=O) groups is 3. The molecule has 2 aromatic rings. The topological polar surface area (TPSA) is 138 Å². The third kappa shape index (κ3) is 3.43. The lowest BCUT2D eigenvalue weighted by Gasteiger charge is -2.55. The van der Waals surface area contributed by atoms with E-state index in [1.807, 2.05) is 24.3 Å². The van der Waals surface area contributed by atoms with Crippen molar-refractivity contribution in [2.75, 3.05) is 20.8 Å². The molecule has 2 aromatic carbocycles. The van der Waals surface area contributed by atoms with Crippen LogP contribution in [0, 0.1) is 5.92 Å². The van der Waals surface area contributed by atoms with Gasteiger partial charge in [0.1, 0.15) is 6.61 Å². The highest BCUT2D eigenvalue weighted by Crippen LogP contribution is 2.58. The van der Waals surface area contributed by atoms with Gasteiger partial charge in [-0.2, -0.15) is 0 Å². The van der Waals surface area contributed by atoms with Crippen LogP contribution in [0.3, 0.4) is 0 Å². The molecule has 1 fully saturated rings. The van der Waals surface area contributed by atoms with Crippen molar-refractivity contribution in [3.8, 4) is 0 Å². The summed E-state index contributed by atoms with van der Waals surface area (Å²) in [6.45, 7) is -0.557. The molecule has 0 aliphatic carbocycles. The maximum Gasteiger partial charge on any atom is 0.350 e. The van der Waals surface area contributed by atoms with Gasteiger partial charge in [-0.15, -0.1) is 0 Å². The SMILES string of the molecule is COC(=O)[C@H](O)[C@@H](OC(=O)[C@@]1(c2ccc3ccccc3c2)O[C@]2(CO)OC=C[C@@H]21)C(=O)OC. The number of carbonyl (C=O) groups excluding carboxylic acids is 3. The predicted octanol–water partition coefficient (Wildman–Crippen LogP) is 0.533. The summed E-state index contributed by atoms with van der Waals surface area (Å²) in [5.41, 5.74) is -1.46. The Morgan fingerprint density at radius 1 is 1.06 bits per heavy atom. The highest BCUT2D eigenvalue weighted by atomic mass is 16.8. The zero-order chi connectivity index (χ0) is 23.8. The van der Waals surface area contributed by atoms with Gasteiger partial charge in [0.15, 0.2) is 6.10 Å². The average molecular weight is 458 g/mol. The number of esters is 3. The monoisotopic (exact) mass is 458 g/mol. The van der Waals surface area contributed by atoms with Crippen LogP contribution in [0.15, 0.2) is 54.8 Å². The van der Waals surface area contributed by atoms with Crippen molar-refractivity contribution >= 4 is 28.7 Å². The Morgan fingerprint density at radius 2 is 1.76 bits per heavy atom. The molecule has 0 unspecified atom stereocenters. The van der Waals surface area contributed by atoms with Gasteiger partial charge in [-0.05, 0) is 28.5 Å². The minimum atomic E-state index is -2.13. The average Bonchev–Trinajstić information content (AvgIpc) is 3.18. The molecule has 5 atom stereocenters. The Bertz CT molecular complexity index is 1130. The summed E-state index contributed by atoms with van der Waals surface area (Å²) < 4.78 is 25.6. The number of ether oxygens (including phenoxy) is 5. The molecule has 2 aliphatic rings. The largest absolute Gasteiger partial charge is 0.467 e. The highest BCUT2D eigenvalue weighted by Gasteiger charge is 2.73. The van der Waals surface area contributed by atoms with E-state index in [0.29, 0.717) is 5.56 Å². The standard InChI is InChI=1S/C23H22O10/c1-29-19(26)17(25)18(20(27)30-2)32-21(28)23(16-9-10-31-22(16,12-24)33-23)15-8-7-13-5-3-4-6-14(13)11-15/h3-11,16-18,24-25H,12H2,1-2H3/t16-,17+,18+,22-,23-/m0/s1. The lowest BCUT2D eigenvalue weighted by Crippen LogP contribution is -2.70. The van der Waals surface area contributed by atoms with Crippen molar-refractivity contribution in [3.05, 3.63) is 60.4 Å². The molecule has 0 amide bonds. The molecule has 0 saturated carbocycles. The van der Waals surface area contributed by atoms with Gasteiger partial charge in [-0.25, -0.2) is 14.4 Å². The number of aliphatic hydroxyl groups excluding tert-OH is 2. The molecule has 0 spiro atoms. The van der Waals surface area contributed by atoms with E-state index in [2.05, 4.69) is 9.47 Å². The molecule has 2 N–H and O–H groups in total. The number of hydrogen-bond donors (Lipinski definition) is 2. The molecule has 10 heteroatoms. The zero-order valence-electron chi connectivity index (χ0n) is 17.8. The zero-order valence-corrected chi connectivity index (χ0v) is 17.8. The molecule has 2 heterocycles. The third-order valence-electron chi connectivity index (χ3n) is 5.88. The molecular formula is C23H22O10. The van der Waals surface area contributed by atoms with Crippen molar-refractivity contribution in [2.24, 2.45) is 5.92 Å². The third-order valence-corrected chi connectivity index (χ3v) is 5.88. The van der Waals surface area contributed by atoms with Gasteiger partial charge in [0.05, 0.1) is 26.4 Å². The Hall–Kier alpha value is -3.47. The molecule has 2 aliphatic heterocycles. The molecule has 0 radical (unpaired) electrons. The Morgan fingerprint density at radius 3 is 2.42 bits per heavy atom. The van der Waals surface area contributed by atoms with Gasteiger partial charge < -0.3 is 33.9 Å². The maximum atomic E-state index is 13.5. The van der Waals surface area contributed by atoms with E-state index in [-0.39, 0.29) is 0 Å². The summed E-state index contributed by atoms with van der Waals surface area (Å²) >= 11 is 0. The first-order chi connectivity index (χ1) is 15.8. The molecule has 1 saturated heterocycles. The fourth-order valence-electron chi connectivity index (χ4n) is 4.18. The Labute approximate surface area is 188 Å². The quantitative estimate of drug-likeness (QED) is 0.446. The summed E-state index contributed by atoms with van der Waals surface area (Å²) in [5, 5.41) is 21.8. The second-order valence-corrected chi connectivity index (χ2v) is 7.61. The van der Waals surface area contributed by atoms with Gasteiger partial charge in [-0.3, -0.25) is 0 Å². The lowest BCUT2D eigenvalue weighted by atomic mass is 9.70. The molecule has 4 rings (SSSR count). The maximum absolute atomic E-state index is 13.5. The number of rotatable bonds is 7. The highest BCUT2D eigenvalue weighted by molar-refractivity contribution is 5.92. The molecule has 0 bridgehead atoms. The predicted molar refractivity (Wildman–Crippen MR) is 110 cm³/mol. The van der Waals surface area contributed by atoms with Gasteiger partial charge >= 0.3 is 17.9 Å². The van der Waals surface area contributed by atoms with E-state index in [9.17, 15) is 24.6 Å². The second-order valence-electron chi connectivity index (χ2n) is 7.61. The van der Waals surface area contributed by atoms with E-state index in [0.717, 1.165) is 25.0 Å². The van der Waals surface area contributed by atoms with Gasteiger partial charge in [0.2, 0.25) is 17.5 Å². The normalized spacial score (nSPS) is 27.0. The van der Waals surface area contributed by atoms with Gasteiger partial charge in [0.25, 0.3) is 0 Å². The first-order valence-corrected chi connectivity index (χ1v) is 10.0. The van der Waals surface area contributed by atoms with Crippen molar-refractivity contribution in [3.63, 3.8) is 0 Å². The van der Waals surface area contributed by atoms with Crippen LogP contribution >= 0.6 is 0 Å². The van der Waals surface area contributed by atoms with Gasteiger partial charge in [0, 0.05) is 0 Å². The van der Waals surface area contributed by atoms with E-state index in [4.69, 9.17) is 14.2 Å². The summed E-state index contributed by atoms with van der Waals surface area (Å²) in [4.78, 5) is 37.6. The first kappa shape index (κ1) is 22.7. The second kappa shape index (κ2) is 8.47. The smallest absolute Gasteiger partial charge is 0.350 e. The minimum Gasteiger partial charge on any atom is -0.467 e. The molecule has 10 nitrogen and oxygen atoms in total. The van der Waals surface area contributed by atoms with Crippen molar-refractivity contribution < 1.29 is 48.3 Å². The number of benzene rings is 2. The Balaban J connectivity index is 1.77. The number of methoxy groups -OCH3 is 2. The van der Waals surface area contributed by atoms with E-state index in [1.165, 1.54) is 6.26 Å². The summed E-state index contributed by atoms with van der Waals surface area (Å²) in [5.74, 6) is -5.77. The molecule has 33 heavy (non-hydrogen) atoms. The van der Waals surface area contributed by atoms with Crippen molar-refractivity contribution in [1.29, 1.82) is 0 Å². The Kier molecular flexibility index (Phi) is 5.83. The number of aliphatic hydroxyl groups is 2. The fraction of sp³-hybridized carbons (Fsp3) is 0.348. The van der Waals surface area contributed by atoms with Crippen LogP contribution in [0.5, 0.6) is 0 Å².